The third-order valence-corrected chi connectivity index (χ3v) is 5.56. The number of aliphatic hydroxyl groups is 1. The van der Waals surface area contributed by atoms with E-state index in [-0.39, 0.29) is 5.82 Å². The molecule has 2 fully saturated rings. The molecule has 1 N–H and O–H groups in total. The Bertz CT molecular complexity index is 528. The quantitative estimate of drug-likeness (QED) is 0.904. The smallest absolute Gasteiger partial charge is 0.126 e. The molecule has 116 valence electrons. The van der Waals surface area contributed by atoms with Gasteiger partial charge in [-0.25, -0.2) is 4.39 Å². The molecule has 4 atom stereocenters. The molecule has 0 spiro atoms. The summed E-state index contributed by atoms with van der Waals surface area (Å²) >= 11 is 0. The van der Waals surface area contributed by atoms with Gasteiger partial charge in [0.1, 0.15) is 5.82 Å². The topological polar surface area (TPSA) is 23.5 Å². The van der Waals surface area contributed by atoms with Crippen LogP contribution in [0.3, 0.4) is 0 Å². The molecule has 1 aromatic carbocycles. The number of halogens is 1. The maximum Gasteiger partial charge on any atom is 0.126 e. The Balaban J connectivity index is 1.80. The van der Waals surface area contributed by atoms with Crippen LogP contribution in [0.1, 0.15) is 49.8 Å². The van der Waals surface area contributed by atoms with E-state index < -0.39 is 6.10 Å². The van der Waals surface area contributed by atoms with Crippen molar-refractivity contribution in [3.63, 3.8) is 0 Å². The normalized spacial score (nSPS) is 28.9. The first kappa shape index (κ1) is 14.8. The van der Waals surface area contributed by atoms with E-state index >= 15 is 0 Å². The number of aliphatic hydroxyl groups excluding tert-OH is 1. The van der Waals surface area contributed by atoms with Gasteiger partial charge in [0, 0.05) is 24.8 Å². The number of hydrogen-bond acceptors (Lipinski definition) is 2. The number of fused-ring (bicyclic) bond motifs is 2. The van der Waals surface area contributed by atoms with Crippen LogP contribution in [0.25, 0.3) is 0 Å². The van der Waals surface area contributed by atoms with Crippen LogP contribution in [-0.4, -0.2) is 18.7 Å². The van der Waals surface area contributed by atoms with Gasteiger partial charge in [-0.1, -0.05) is 6.42 Å². The van der Waals surface area contributed by atoms with Gasteiger partial charge in [-0.15, -0.1) is 0 Å². The fourth-order valence-corrected chi connectivity index (χ4v) is 4.40. The molecule has 0 saturated heterocycles. The highest BCUT2D eigenvalue weighted by Crippen LogP contribution is 2.48. The van der Waals surface area contributed by atoms with E-state index in [4.69, 9.17) is 0 Å². The average molecular weight is 291 g/mol. The summed E-state index contributed by atoms with van der Waals surface area (Å²) in [5.41, 5.74) is 2.32. The number of anilines is 1. The SMILES string of the molecule is Cc1cc(N(C)CC2CC3CCC2C3)c(C(C)O)cc1F. The molecule has 0 aliphatic heterocycles. The maximum absolute atomic E-state index is 13.8. The fraction of sp³-hybridized carbons (Fsp3) is 0.667. The molecule has 0 heterocycles. The highest BCUT2D eigenvalue weighted by atomic mass is 19.1. The van der Waals surface area contributed by atoms with E-state index in [2.05, 4.69) is 11.9 Å². The molecule has 2 saturated carbocycles. The monoisotopic (exact) mass is 291 g/mol. The number of nitrogens with zero attached hydrogens (tertiary/aromatic N) is 1. The van der Waals surface area contributed by atoms with Crippen molar-refractivity contribution in [2.24, 2.45) is 17.8 Å². The molecule has 2 aliphatic rings. The van der Waals surface area contributed by atoms with Crippen molar-refractivity contribution >= 4 is 5.69 Å². The Hall–Kier alpha value is -1.09. The molecule has 3 rings (SSSR count). The van der Waals surface area contributed by atoms with E-state index in [0.29, 0.717) is 11.1 Å². The molecular formula is C18H26FNO. The zero-order valence-electron chi connectivity index (χ0n) is 13.3. The molecule has 2 nitrogen and oxygen atoms in total. The largest absolute Gasteiger partial charge is 0.389 e. The van der Waals surface area contributed by atoms with Crippen LogP contribution in [0.2, 0.25) is 0 Å². The lowest BCUT2D eigenvalue weighted by Crippen LogP contribution is -2.29. The molecule has 2 aliphatic carbocycles. The molecule has 4 unspecified atom stereocenters. The lowest BCUT2D eigenvalue weighted by atomic mass is 9.88. The van der Waals surface area contributed by atoms with Crippen LogP contribution in [0.5, 0.6) is 0 Å². The number of aryl methyl sites for hydroxylation is 1. The van der Waals surface area contributed by atoms with E-state index in [1.165, 1.54) is 31.7 Å². The van der Waals surface area contributed by atoms with E-state index in [9.17, 15) is 9.50 Å². The van der Waals surface area contributed by atoms with Gasteiger partial charge in [-0.05, 0) is 68.6 Å². The lowest BCUT2D eigenvalue weighted by Gasteiger charge is -2.30. The summed E-state index contributed by atoms with van der Waals surface area (Å²) in [6.07, 6.45) is 4.91. The van der Waals surface area contributed by atoms with Gasteiger partial charge in [-0.3, -0.25) is 0 Å². The third kappa shape index (κ3) is 2.80. The van der Waals surface area contributed by atoms with Crippen molar-refractivity contribution < 1.29 is 9.50 Å². The van der Waals surface area contributed by atoms with Gasteiger partial charge < -0.3 is 10.0 Å². The van der Waals surface area contributed by atoms with E-state index in [1.54, 1.807) is 13.8 Å². The molecule has 0 radical (unpaired) electrons. The molecule has 0 amide bonds. The van der Waals surface area contributed by atoms with Crippen LogP contribution in [0.4, 0.5) is 10.1 Å². The van der Waals surface area contributed by atoms with Crippen molar-refractivity contribution in [2.75, 3.05) is 18.5 Å². The summed E-state index contributed by atoms with van der Waals surface area (Å²) < 4.78 is 13.8. The Kier molecular flexibility index (Phi) is 3.96. The second-order valence-electron chi connectivity index (χ2n) is 7.15. The summed E-state index contributed by atoms with van der Waals surface area (Å²) in [4.78, 5) is 2.22. The minimum Gasteiger partial charge on any atom is -0.389 e. The van der Waals surface area contributed by atoms with Gasteiger partial charge in [0.25, 0.3) is 0 Å². The summed E-state index contributed by atoms with van der Waals surface area (Å²) in [6.45, 7) is 4.51. The van der Waals surface area contributed by atoms with Crippen LogP contribution in [0.15, 0.2) is 12.1 Å². The molecule has 1 aromatic rings. The standard InChI is InChI=1S/C18H26FNO/c1-11-6-18(16(12(2)21)9-17(11)19)20(3)10-15-8-13-4-5-14(15)7-13/h6,9,12-15,21H,4-5,7-8,10H2,1-3H3. The van der Waals surface area contributed by atoms with Gasteiger partial charge in [0.05, 0.1) is 6.10 Å². The first-order chi connectivity index (χ1) is 9.95. The van der Waals surface area contributed by atoms with Crippen LogP contribution < -0.4 is 4.90 Å². The van der Waals surface area contributed by atoms with Crippen molar-refractivity contribution in [1.29, 1.82) is 0 Å². The van der Waals surface area contributed by atoms with Crippen molar-refractivity contribution in [1.82, 2.24) is 0 Å². The summed E-state index contributed by atoms with van der Waals surface area (Å²) in [7, 11) is 2.07. The van der Waals surface area contributed by atoms with Crippen LogP contribution >= 0.6 is 0 Å². The second-order valence-corrected chi connectivity index (χ2v) is 7.15. The zero-order chi connectivity index (χ0) is 15.1. The summed E-state index contributed by atoms with van der Waals surface area (Å²) in [6, 6.07) is 3.37. The Morgan fingerprint density at radius 1 is 1.33 bits per heavy atom. The Labute approximate surface area is 127 Å². The van der Waals surface area contributed by atoms with Gasteiger partial charge >= 0.3 is 0 Å². The number of rotatable bonds is 4. The Morgan fingerprint density at radius 3 is 2.67 bits per heavy atom. The molecule has 21 heavy (non-hydrogen) atoms. The number of benzene rings is 1. The van der Waals surface area contributed by atoms with Crippen molar-refractivity contribution in [3.05, 3.63) is 29.1 Å². The van der Waals surface area contributed by atoms with E-state index in [1.807, 2.05) is 6.07 Å². The molecule has 0 aromatic heterocycles. The molecule has 3 heteroatoms. The van der Waals surface area contributed by atoms with E-state index in [0.717, 1.165) is 30.0 Å². The first-order valence-electron chi connectivity index (χ1n) is 8.15. The Morgan fingerprint density at radius 2 is 2.10 bits per heavy atom. The third-order valence-electron chi connectivity index (χ3n) is 5.56. The van der Waals surface area contributed by atoms with Gasteiger partial charge in [-0.2, -0.15) is 0 Å². The predicted octanol–water partition coefficient (Wildman–Crippen LogP) is 4.06. The predicted molar refractivity (Wildman–Crippen MR) is 84.0 cm³/mol. The minimum atomic E-state index is -0.641. The fourth-order valence-electron chi connectivity index (χ4n) is 4.40. The van der Waals surface area contributed by atoms with Crippen LogP contribution in [-0.2, 0) is 0 Å². The van der Waals surface area contributed by atoms with Gasteiger partial charge in [0.2, 0.25) is 0 Å². The first-order valence-corrected chi connectivity index (χ1v) is 8.15. The average Bonchev–Trinajstić information content (AvgIpc) is 3.03. The molecular weight excluding hydrogens is 265 g/mol. The number of hydrogen-bond donors (Lipinski definition) is 1. The lowest BCUT2D eigenvalue weighted by molar-refractivity contribution is 0.199. The summed E-state index contributed by atoms with van der Waals surface area (Å²) in [5.74, 6) is 2.36. The maximum atomic E-state index is 13.8. The van der Waals surface area contributed by atoms with Crippen molar-refractivity contribution in [2.45, 2.75) is 45.6 Å². The van der Waals surface area contributed by atoms with Gasteiger partial charge in [0.15, 0.2) is 0 Å². The summed E-state index contributed by atoms with van der Waals surface area (Å²) in [5, 5.41) is 9.94. The minimum absolute atomic E-state index is 0.233. The highest BCUT2D eigenvalue weighted by molar-refractivity contribution is 5.56. The highest BCUT2D eigenvalue weighted by Gasteiger charge is 2.39. The molecule has 2 bridgehead atoms. The van der Waals surface area contributed by atoms with Crippen molar-refractivity contribution in [3.8, 4) is 0 Å². The van der Waals surface area contributed by atoms with Crippen LogP contribution in [0, 0.1) is 30.5 Å². The second kappa shape index (κ2) is 5.60. The zero-order valence-corrected chi connectivity index (χ0v) is 13.3.